The Kier molecular flexibility index (Phi) is 6.10. The van der Waals surface area contributed by atoms with Crippen molar-refractivity contribution in [1.82, 2.24) is 5.43 Å². The van der Waals surface area contributed by atoms with Gasteiger partial charge in [0.2, 0.25) is 0 Å². The molecular weight excluding hydrogens is 340 g/mol. The van der Waals surface area contributed by atoms with Crippen LogP contribution in [-0.2, 0) is 4.79 Å². The molecule has 0 saturated heterocycles. The number of carbonyl (C=O) groups excluding carboxylic acids is 1. The van der Waals surface area contributed by atoms with Gasteiger partial charge in [0.1, 0.15) is 17.5 Å². The maximum Gasteiger partial charge on any atom is 0.270 e. The van der Waals surface area contributed by atoms with E-state index in [4.69, 9.17) is 4.74 Å². The largest absolute Gasteiger partial charge is 0.507 e. The van der Waals surface area contributed by atoms with Gasteiger partial charge in [-0.05, 0) is 37.3 Å². The number of hydrogen-bond donors (Lipinski definition) is 3. The van der Waals surface area contributed by atoms with Crippen molar-refractivity contribution in [2.24, 2.45) is 5.10 Å². The van der Waals surface area contributed by atoms with Crippen molar-refractivity contribution in [1.29, 1.82) is 0 Å². The molecule has 3 N–H and O–H groups in total. The lowest BCUT2D eigenvalue weighted by Gasteiger charge is -2.13. The van der Waals surface area contributed by atoms with Gasteiger partial charge in [-0.3, -0.25) is 14.9 Å². The number of anilines is 1. The quantitative estimate of drug-likeness (QED) is 0.396. The third kappa shape index (κ3) is 4.94. The number of ether oxygens (including phenoxy) is 1. The third-order valence-corrected chi connectivity index (χ3v) is 3.47. The molecule has 2 rings (SSSR count). The fraction of sp³-hybridized carbons (Fsp3) is 0.176. The second-order valence-electron chi connectivity index (χ2n) is 5.33. The monoisotopic (exact) mass is 358 g/mol. The molecule has 26 heavy (non-hydrogen) atoms. The number of amides is 1. The van der Waals surface area contributed by atoms with Crippen LogP contribution in [0.15, 0.2) is 47.6 Å². The molecule has 1 amide bonds. The molecule has 0 bridgehead atoms. The molecule has 0 spiro atoms. The normalized spacial score (nSPS) is 11.8. The van der Waals surface area contributed by atoms with Crippen LogP contribution in [0.25, 0.3) is 0 Å². The van der Waals surface area contributed by atoms with Crippen molar-refractivity contribution in [3.8, 4) is 11.5 Å². The molecule has 0 radical (unpaired) electrons. The minimum atomic E-state index is -0.587. The molecule has 2 aromatic carbocycles. The smallest absolute Gasteiger partial charge is 0.270 e. The number of nitro groups is 1. The van der Waals surface area contributed by atoms with Crippen LogP contribution >= 0.6 is 0 Å². The van der Waals surface area contributed by atoms with Crippen molar-refractivity contribution < 1.29 is 19.6 Å². The van der Waals surface area contributed by atoms with Crippen molar-refractivity contribution in [3.05, 3.63) is 58.1 Å². The number of aromatic hydroxyl groups is 1. The SMILES string of the molecule is COc1ccc(NC(C)C(=O)NN=Cc2cc([N+](=O)[O-])ccc2O)cc1. The number of carbonyl (C=O) groups is 1. The lowest BCUT2D eigenvalue weighted by molar-refractivity contribution is -0.384. The van der Waals surface area contributed by atoms with E-state index < -0.39 is 16.9 Å². The number of phenolic OH excluding ortho intramolecular Hbond substituents is 1. The summed E-state index contributed by atoms with van der Waals surface area (Å²) in [7, 11) is 1.57. The van der Waals surface area contributed by atoms with Gasteiger partial charge in [-0.15, -0.1) is 0 Å². The number of nitrogens with one attached hydrogen (secondary N) is 2. The number of methoxy groups -OCH3 is 1. The van der Waals surface area contributed by atoms with Crippen LogP contribution in [-0.4, -0.2) is 35.3 Å². The maximum atomic E-state index is 12.0. The second-order valence-corrected chi connectivity index (χ2v) is 5.33. The Balaban J connectivity index is 1.95. The lowest BCUT2D eigenvalue weighted by atomic mass is 10.2. The fourth-order valence-electron chi connectivity index (χ4n) is 2.02. The average molecular weight is 358 g/mol. The molecular formula is C17H18N4O5. The van der Waals surface area contributed by atoms with Gasteiger partial charge in [0.05, 0.1) is 18.2 Å². The van der Waals surface area contributed by atoms with Crippen molar-refractivity contribution in [2.75, 3.05) is 12.4 Å². The zero-order valence-corrected chi connectivity index (χ0v) is 14.2. The highest BCUT2D eigenvalue weighted by Crippen LogP contribution is 2.21. The first-order valence-electron chi connectivity index (χ1n) is 7.61. The number of phenols is 1. The summed E-state index contributed by atoms with van der Waals surface area (Å²) in [5.74, 6) is 0.106. The van der Waals surface area contributed by atoms with Gasteiger partial charge in [-0.2, -0.15) is 5.10 Å². The van der Waals surface area contributed by atoms with Gasteiger partial charge < -0.3 is 15.2 Å². The number of nitrogens with zero attached hydrogens (tertiary/aromatic N) is 2. The molecule has 0 aliphatic carbocycles. The number of hydrazone groups is 1. The minimum Gasteiger partial charge on any atom is -0.507 e. The van der Waals surface area contributed by atoms with Crippen LogP contribution in [0.1, 0.15) is 12.5 Å². The number of non-ortho nitro benzene ring substituents is 1. The summed E-state index contributed by atoms with van der Waals surface area (Å²) in [5, 5.41) is 27.1. The van der Waals surface area contributed by atoms with E-state index >= 15 is 0 Å². The van der Waals surface area contributed by atoms with E-state index in [1.54, 1.807) is 38.3 Å². The van der Waals surface area contributed by atoms with Crippen LogP contribution in [0.5, 0.6) is 11.5 Å². The third-order valence-electron chi connectivity index (χ3n) is 3.47. The van der Waals surface area contributed by atoms with Gasteiger partial charge in [0.25, 0.3) is 11.6 Å². The summed E-state index contributed by atoms with van der Waals surface area (Å²) < 4.78 is 5.06. The van der Waals surface area contributed by atoms with Gasteiger partial charge in [-0.25, -0.2) is 5.43 Å². The Morgan fingerprint density at radius 2 is 2.00 bits per heavy atom. The van der Waals surface area contributed by atoms with Crippen molar-refractivity contribution in [3.63, 3.8) is 0 Å². The molecule has 0 fully saturated rings. The summed E-state index contributed by atoms with van der Waals surface area (Å²) >= 11 is 0. The van der Waals surface area contributed by atoms with E-state index in [9.17, 15) is 20.0 Å². The minimum absolute atomic E-state index is 0.121. The van der Waals surface area contributed by atoms with Gasteiger partial charge >= 0.3 is 0 Å². The molecule has 0 heterocycles. The number of benzene rings is 2. The fourth-order valence-corrected chi connectivity index (χ4v) is 2.02. The topological polar surface area (TPSA) is 126 Å². The van der Waals surface area contributed by atoms with E-state index in [2.05, 4.69) is 15.8 Å². The first-order valence-corrected chi connectivity index (χ1v) is 7.61. The van der Waals surface area contributed by atoms with E-state index in [1.165, 1.54) is 12.1 Å². The predicted molar refractivity (Wildman–Crippen MR) is 96.6 cm³/mol. The Morgan fingerprint density at radius 3 is 2.62 bits per heavy atom. The van der Waals surface area contributed by atoms with E-state index in [1.807, 2.05) is 0 Å². The summed E-state index contributed by atoms with van der Waals surface area (Å²) in [5.41, 5.74) is 2.97. The van der Waals surface area contributed by atoms with Gasteiger partial charge in [0, 0.05) is 23.4 Å². The molecule has 0 aromatic heterocycles. The highest BCUT2D eigenvalue weighted by Gasteiger charge is 2.12. The molecule has 9 nitrogen and oxygen atoms in total. The Bertz CT molecular complexity index is 820. The van der Waals surface area contributed by atoms with Crippen LogP contribution in [0.4, 0.5) is 11.4 Å². The van der Waals surface area contributed by atoms with E-state index in [0.29, 0.717) is 5.75 Å². The Labute approximate surface area is 149 Å². The number of rotatable bonds is 7. The van der Waals surface area contributed by atoms with Crippen LogP contribution in [0.2, 0.25) is 0 Å². The molecule has 0 aliphatic heterocycles. The molecule has 1 atom stereocenters. The standard InChI is InChI=1S/C17H18N4O5/c1-11(19-13-3-6-15(26-2)7-4-13)17(23)20-18-10-12-9-14(21(24)25)5-8-16(12)22/h3-11,19,22H,1-2H3,(H,20,23). The average Bonchev–Trinajstić information content (AvgIpc) is 2.63. The van der Waals surface area contributed by atoms with Crippen molar-refractivity contribution in [2.45, 2.75) is 13.0 Å². The molecule has 0 saturated carbocycles. The molecule has 9 heteroatoms. The maximum absolute atomic E-state index is 12.0. The zero-order valence-electron chi connectivity index (χ0n) is 14.2. The van der Waals surface area contributed by atoms with Crippen LogP contribution < -0.4 is 15.5 Å². The first-order chi connectivity index (χ1) is 12.4. The predicted octanol–water partition coefficient (Wildman–Crippen LogP) is 2.26. The van der Waals surface area contributed by atoms with E-state index in [0.717, 1.165) is 18.0 Å². The zero-order chi connectivity index (χ0) is 19.1. The second kappa shape index (κ2) is 8.47. The summed E-state index contributed by atoms with van der Waals surface area (Å²) in [6.07, 6.45) is 1.14. The van der Waals surface area contributed by atoms with E-state index in [-0.39, 0.29) is 17.0 Å². The van der Waals surface area contributed by atoms with Gasteiger partial charge in [0.15, 0.2) is 0 Å². The molecule has 136 valence electrons. The van der Waals surface area contributed by atoms with Crippen LogP contribution in [0.3, 0.4) is 0 Å². The number of nitro benzene ring substituents is 1. The molecule has 2 aromatic rings. The van der Waals surface area contributed by atoms with Crippen LogP contribution in [0, 0.1) is 10.1 Å². The summed E-state index contributed by atoms with van der Waals surface area (Å²) in [4.78, 5) is 22.2. The lowest BCUT2D eigenvalue weighted by Crippen LogP contribution is -2.34. The molecule has 1 unspecified atom stereocenters. The highest BCUT2D eigenvalue weighted by atomic mass is 16.6. The summed E-state index contributed by atoms with van der Waals surface area (Å²) in [6, 6.07) is 10.00. The van der Waals surface area contributed by atoms with Gasteiger partial charge in [-0.1, -0.05) is 0 Å². The Morgan fingerprint density at radius 1 is 1.31 bits per heavy atom. The molecule has 0 aliphatic rings. The summed E-state index contributed by atoms with van der Waals surface area (Å²) in [6.45, 7) is 1.65. The first kappa shape index (κ1) is 18.7. The van der Waals surface area contributed by atoms with Crippen molar-refractivity contribution >= 4 is 23.5 Å². The highest BCUT2D eigenvalue weighted by molar-refractivity contribution is 5.88. The Hall–Kier alpha value is -3.62. The number of hydrogen-bond acceptors (Lipinski definition) is 7.